The van der Waals surface area contributed by atoms with E-state index < -0.39 is 9.84 Å². The molecule has 0 bridgehead atoms. The molecule has 138 valence electrons. The van der Waals surface area contributed by atoms with Gasteiger partial charge in [-0.1, -0.05) is 12.1 Å². The summed E-state index contributed by atoms with van der Waals surface area (Å²) in [5, 5.41) is 6.52. The third kappa shape index (κ3) is 7.47. The third-order valence-corrected chi connectivity index (χ3v) is 4.74. The van der Waals surface area contributed by atoms with Crippen LogP contribution >= 0.6 is 24.0 Å². The van der Waals surface area contributed by atoms with Crippen LogP contribution in [0.2, 0.25) is 0 Å². The zero-order chi connectivity index (χ0) is 17.4. The first-order valence-electron chi connectivity index (χ1n) is 7.83. The zero-order valence-electron chi connectivity index (χ0n) is 14.5. The van der Waals surface area contributed by atoms with E-state index in [9.17, 15) is 8.42 Å². The predicted molar refractivity (Wildman–Crippen MR) is 112 cm³/mol. The quantitative estimate of drug-likeness (QED) is 0.364. The van der Waals surface area contributed by atoms with Gasteiger partial charge >= 0.3 is 0 Å². The molecule has 2 aromatic rings. The van der Waals surface area contributed by atoms with Crippen molar-refractivity contribution in [2.75, 3.05) is 26.4 Å². The number of halogens is 1. The molecular formula is C17H25IN4O2S. The van der Waals surface area contributed by atoms with Crippen LogP contribution in [-0.4, -0.2) is 45.3 Å². The molecule has 2 rings (SSSR count). The highest BCUT2D eigenvalue weighted by molar-refractivity contribution is 14.0. The maximum Gasteiger partial charge on any atom is 0.191 e. The molecule has 25 heavy (non-hydrogen) atoms. The van der Waals surface area contributed by atoms with Gasteiger partial charge in [-0.3, -0.25) is 4.99 Å². The SMILES string of the molecule is CN=C(NCCc1ccc(S(C)(=O)=O)cc1)NCCn1cccc1.I. The number of sulfone groups is 1. The van der Waals surface area contributed by atoms with E-state index in [0.717, 1.165) is 37.6 Å². The lowest BCUT2D eigenvalue weighted by molar-refractivity contribution is 0.602. The van der Waals surface area contributed by atoms with Crippen LogP contribution in [0.1, 0.15) is 5.56 Å². The number of benzene rings is 1. The highest BCUT2D eigenvalue weighted by Gasteiger charge is 2.06. The van der Waals surface area contributed by atoms with Gasteiger partial charge in [-0.2, -0.15) is 0 Å². The molecule has 1 aromatic heterocycles. The highest BCUT2D eigenvalue weighted by Crippen LogP contribution is 2.10. The van der Waals surface area contributed by atoms with Crippen molar-refractivity contribution in [1.29, 1.82) is 0 Å². The Balaban J connectivity index is 0.00000312. The second kappa shape index (κ2) is 10.4. The van der Waals surface area contributed by atoms with E-state index >= 15 is 0 Å². The summed E-state index contributed by atoms with van der Waals surface area (Å²) in [6, 6.07) is 11.0. The number of rotatable bonds is 7. The molecule has 1 heterocycles. The van der Waals surface area contributed by atoms with Gasteiger partial charge in [0.1, 0.15) is 0 Å². The molecule has 0 saturated carbocycles. The summed E-state index contributed by atoms with van der Waals surface area (Å²) in [6.45, 7) is 2.39. The van der Waals surface area contributed by atoms with Gasteiger partial charge in [0.05, 0.1) is 4.90 Å². The first-order valence-corrected chi connectivity index (χ1v) is 9.72. The molecule has 0 atom stereocenters. The Labute approximate surface area is 166 Å². The second-order valence-corrected chi connectivity index (χ2v) is 7.53. The van der Waals surface area contributed by atoms with E-state index in [0.29, 0.717) is 4.90 Å². The minimum atomic E-state index is -3.13. The molecular weight excluding hydrogens is 451 g/mol. The molecule has 0 amide bonds. The van der Waals surface area contributed by atoms with E-state index in [4.69, 9.17) is 0 Å². The molecule has 8 heteroatoms. The van der Waals surface area contributed by atoms with Crippen molar-refractivity contribution >= 4 is 39.8 Å². The topological polar surface area (TPSA) is 75.5 Å². The Hall–Kier alpha value is -1.55. The highest BCUT2D eigenvalue weighted by atomic mass is 127. The monoisotopic (exact) mass is 476 g/mol. The average molecular weight is 476 g/mol. The smallest absolute Gasteiger partial charge is 0.191 e. The summed E-state index contributed by atoms with van der Waals surface area (Å²) in [6.07, 6.45) is 6.06. The normalized spacial score (nSPS) is 11.7. The summed E-state index contributed by atoms with van der Waals surface area (Å²) in [4.78, 5) is 4.54. The Kier molecular flexibility index (Phi) is 8.98. The molecule has 0 aliphatic carbocycles. The average Bonchev–Trinajstić information content (AvgIpc) is 3.06. The van der Waals surface area contributed by atoms with Gasteiger partial charge in [0, 0.05) is 45.3 Å². The summed E-state index contributed by atoms with van der Waals surface area (Å²) < 4.78 is 25.0. The molecule has 1 aromatic carbocycles. The van der Waals surface area contributed by atoms with Crippen molar-refractivity contribution in [1.82, 2.24) is 15.2 Å². The van der Waals surface area contributed by atoms with Gasteiger partial charge in [-0.05, 0) is 36.2 Å². The van der Waals surface area contributed by atoms with Gasteiger partial charge in [-0.15, -0.1) is 24.0 Å². The number of aliphatic imine (C=N–C) groups is 1. The fraction of sp³-hybridized carbons (Fsp3) is 0.353. The van der Waals surface area contributed by atoms with E-state index in [1.165, 1.54) is 6.26 Å². The van der Waals surface area contributed by atoms with Crippen LogP contribution in [0, 0.1) is 0 Å². The first-order chi connectivity index (χ1) is 11.5. The van der Waals surface area contributed by atoms with Crippen molar-refractivity contribution in [2.24, 2.45) is 4.99 Å². The standard InChI is InChI=1S/C17H24N4O2S.HI/c1-18-17(20-11-14-21-12-3-4-13-21)19-10-9-15-5-7-16(8-6-15)24(2,22)23;/h3-8,12-13H,9-11,14H2,1-2H3,(H2,18,19,20);1H. The van der Waals surface area contributed by atoms with Gasteiger partial charge in [0.15, 0.2) is 15.8 Å². The Bertz CT molecular complexity index is 756. The molecule has 0 unspecified atom stereocenters. The van der Waals surface area contributed by atoms with E-state index in [2.05, 4.69) is 20.2 Å². The number of hydrogen-bond donors (Lipinski definition) is 2. The number of aromatic nitrogens is 1. The van der Waals surface area contributed by atoms with Crippen LogP contribution in [0.5, 0.6) is 0 Å². The lowest BCUT2D eigenvalue weighted by Gasteiger charge is -2.12. The lowest BCUT2D eigenvalue weighted by Crippen LogP contribution is -2.39. The summed E-state index contributed by atoms with van der Waals surface area (Å²) >= 11 is 0. The van der Waals surface area contributed by atoms with E-state index in [1.807, 2.05) is 36.7 Å². The van der Waals surface area contributed by atoms with Crippen LogP contribution in [0.25, 0.3) is 0 Å². The van der Waals surface area contributed by atoms with Gasteiger partial charge in [-0.25, -0.2) is 8.42 Å². The van der Waals surface area contributed by atoms with Gasteiger partial charge < -0.3 is 15.2 Å². The number of hydrogen-bond acceptors (Lipinski definition) is 3. The minimum absolute atomic E-state index is 0. The van der Waals surface area contributed by atoms with Crippen molar-refractivity contribution in [2.45, 2.75) is 17.9 Å². The van der Waals surface area contributed by atoms with Gasteiger partial charge in [0.2, 0.25) is 0 Å². The zero-order valence-corrected chi connectivity index (χ0v) is 17.6. The molecule has 0 fully saturated rings. The van der Waals surface area contributed by atoms with Gasteiger partial charge in [0.25, 0.3) is 0 Å². The minimum Gasteiger partial charge on any atom is -0.356 e. The Morgan fingerprint density at radius 3 is 2.24 bits per heavy atom. The van der Waals surface area contributed by atoms with Crippen molar-refractivity contribution in [3.05, 3.63) is 54.4 Å². The lowest BCUT2D eigenvalue weighted by atomic mass is 10.1. The van der Waals surface area contributed by atoms with Crippen LogP contribution in [0.3, 0.4) is 0 Å². The second-order valence-electron chi connectivity index (χ2n) is 5.51. The van der Waals surface area contributed by atoms with Crippen LogP contribution < -0.4 is 10.6 Å². The van der Waals surface area contributed by atoms with Crippen LogP contribution in [0.15, 0.2) is 58.7 Å². The van der Waals surface area contributed by atoms with Crippen molar-refractivity contribution in [3.63, 3.8) is 0 Å². The van der Waals surface area contributed by atoms with Crippen LogP contribution in [0.4, 0.5) is 0 Å². The van der Waals surface area contributed by atoms with E-state index in [-0.39, 0.29) is 24.0 Å². The molecule has 0 aliphatic rings. The van der Waals surface area contributed by atoms with Crippen LogP contribution in [-0.2, 0) is 22.8 Å². The maximum absolute atomic E-state index is 11.4. The maximum atomic E-state index is 11.4. The van der Waals surface area contributed by atoms with E-state index in [1.54, 1.807) is 19.2 Å². The predicted octanol–water partition coefficient (Wildman–Crippen LogP) is 1.92. The molecule has 0 spiro atoms. The number of nitrogens with zero attached hydrogens (tertiary/aromatic N) is 2. The summed E-state index contributed by atoms with van der Waals surface area (Å²) in [5.74, 6) is 0.759. The third-order valence-electron chi connectivity index (χ3n) is 3.61. The first kappa shape index (κ1) is 21.5. The molecule has 0 radical (unpaired) electrons. The molecule has 6 nitrogen and oxygen atoms in total. The summed E-state index contributed by atoms with van der Waals surface area (Å²) in [7, 11) is -1.39. The largest absolute Gasteiger partial charge is 0.356 e. The molecule has 0 saturated heterocycles. The number of nitrogens with one attached hydrogen (secondary N) is 2. The van der Waals surface area contributed by atoms with Crippen molar-refractivity contribution < 1.29 is 8.42 Å². The fourth-order valence-corrected chi connectivity index (χ4v) is 2.90. The molecule has 0 aliphatic heterocycles. The fourth-order valence-electron chi connectivity index (χ4n) is 2.27. The number of guanidine groups is 1. The Morgan fingerprint density at radius 1 is 1.08 bits per heavy atom. The Morgan fingerprint density at radius 2 is 1.68 bits per heavy atom. The van der Waals surface area contributed by atoms with Crippen molar-refractivity contribution in [3.8, 4) is 0 Å². The summed E-state index contributed by atoms with van der Waals surface area (Å²) in [5.41, 5.74) is 1.08. The molecule has 2 N–H and O–H groups in total.